The number of aromatic nitrogens is 3. The van der Waals surface area contributed by atoms with Gasteiger partial charge in [-0.25, -0.2) is 4.79 Å². The second-order valence-corrected chi connectivity index (χ2v) is 8.41. The fourth-order valence-electron chi connectivity index (χ4n) is 3.50. The molecule has 1 atom stereocenters. The number of benzene rings is 3. The molecular weight excluding hydrogens is 448 g/mol. The van der Waals surface area contributed by atoms with Gasteiger partial charge in [-0.05, 0) is 17.7 Å². The summed E-state index contributed by atoms with van der Waals surface area (Å²) in [5.41, 5.74) is 2.75. The summed E-state index contributed by atoms with van der Waals surface area (Å²) in [6, 6.07) is 28.2. The van der Waals surface area contributed by atoms with Crippen LogP contribution in [0.3, 0.4) is 0 Å². The van der Waals surface area contributed by atoms with E-state index in [9.17, 15) is 9.59 Å². The van der Waals surface area contributed by atoms with Crippen molar-refractivity contribution < 1.29 is 14.3 Å². The highest BCUT2D eigenvalue weighted by Gasteiger charge is 2.23. The molecule has 7 nitrogen and oxygen atoms in total. The van der Waals surface area contributed by atoms with E-state index >= 15 is 0 Å². The monoisotopic (exact) mass is 472 g/mol. The Morgan fingerprint density at radius 3 is 2.18 bits per heavy atom. The van der Waals surface area contributed by atoms with E-state index in [-0.39, 0.29) is 11.7 Å². The molecule has 0 radical (unpaired) electrons. The first-order chi connectivity index (χ1) is 16.7. The maximum atomic E-state index is 12.8. The number of esters is 1. The SMILES string of the molecule is COC(=O)C(Cc1ccccc1)NC(=O)CSc1nnc(-c2ccccc2)n1-c1ccccc1. The molecule has 0 bridgehead atoms. The Morgan fingerprint density at radius 1 is 0.912 bits per heavy atom. The number of hydrogen-bond donors (Lipinski definition) is 1. The third-order valence-corrected chi connectivity index (χ3v) is 6.04. The summed E-state index contributed by atoms with van der Waals surface area (Å²) in [6.07, 6.45) is 0.349. The van der Waals surface area contributed by atoms with Crippen LogP contribution in [0.25, 0.3) is 17.1 Å². The molecule has 1 amide bonds. The van der Waals surface area contributed by atoms with Crippen molar-refractivity contribution in [3.63, 3.8) is 0 Å². The zero-order chi connectivity index (χ0) is 23.8. The second-order valence-electron chi connectivity index (χ2n) is 7.46. The first kappa shape index (κ1) is 23.3. The van der Waals surface area contributed by atoms with E-state index in [1.165, 1.54) is 18.9 Å². The number of hydrogen-bond acceptors (Lipinski definition) is 6. The molecule has 0 fully saturated rings. The smallest absolute Gasteiger partial charge is 0.328 e. The molecule has 0 spiro atoms. The predicted molar refractivity (Wildman–Crippen MR) is 132 cm³/mol. The molecule has 1 heterocycles. The number of ether oxygens (including phenoxy) is 1. The van der Waals surface area contributed by atoms with Gasteiger partial charge in [0.05, 0.1) is 12.9 Å². The van der Waals surface area contributed by atoms with E-state index in [1.54, 1.807) is 0 Å². The lowest BCUT2D eigenvalue weighted by atomic mass is 10.1. The lowest BCUT2D eigenvalue weighted by Gasteiger charge is -2.16. The molecule has 4 aromatic rings. The van der Waals surface area contributed by atoms with Gasteiger partial charge in [-0.2, -0.15) is 0 Å². The van der Waals surface area contributed by atoms with E-state index in [4.69, 9.17) is 4.74 Å². The number of amides is 1. The number of methoxy groups -OCH3 is 1. The standard InChI is InChI=1S/C26H24N4O3S/c1-33-25(32)22(17-19-11-5-2-6-12-19)27-23(31)18-34-26-29-28-24(20-13-7-3-8-14-20)30(26)21-15-9-4-10-16-21/h2-16,22H,17-18H2,1H3,(H,27,31). The minimum absolute atomic E-state index is 0.0715. The van der Waals surface area contributed by atoms with Crippen molar-refractivity contribution in [3.05, 3.63) is 96.6 Å². The summed E-state index contributed by atoms with van der Waals surface area (Å²) in [5.74, 6) is -0.0189. The molecule has 4 rings (SSSR count). The predicted octanol–water partition coefficient (Wildman–Crippen LogP) is 3.93. The van der Waals surface area contributed by atoms with Gasteiger partial charge in [0, 0.05) is 17.7 Å². The molecule has 34 heavy (non-hydrogen) atoms. The Hall–Kier alpha value is -3.91. The highest BCUT2D eigenvalue weighted by molar-refractivity contribution is 7.99. The summed E-state index contributed by atoms with van der Waals surface area (Å²) >= 11 is 1.26. The van der Waals surface area contributed by atoms with Gasteiger partial charge in [0.2, 0.25) is 5.91 Å². The fraction of sp³-hybridized carbons (Fsp3) is 0.154. The van der Waals surface area contributed by atoms with E-state index in [0.717, 1.165) is 16.8 Å². The van der Waals surface area contributed by atoms with Gasteiger partial charge < -0.3 is 10.1 Å². The highest BCUT2D eigenvalue weighted by atomic mass is 32.2. The van der Waals surface area contributed by atoms with Crippen LogP contribution >= 0.6 is 11.8 Å². The zero-order valence-corrected chi connectivity index (χ0v) is 19.4. The molecule has 1 aromatic heterocycles. The van der Waals surface area contributed by atoms with E-state index < -0.39 is 12.0 Å². The quantitative estimate of drug-likeness (QED) is 0.294. The molecule has 0 aliphatic rings. The molecule has 0 saturated carbocycles. The number of carbonyl (C=O) groups excluding carboxylic acids is 2. The maximum Gasteiger partial charge on any atom is 0.328 e. The molecule has 0 saturated heterocycles. The van der Waals surface area contributed by atoms with Gasteiger partial charge in [-0.3, -0.25) is 9.36 Å². The minimum atomic E-state index is -0.771. The summed E-state index contributed by atoms with van der Waals surface area (Å²) in [5, 5.41) is 12.1. The van der Waals surface area contributed by atoms with E-state index in [1.807, 2.05) is 95.6 Å². The topological polar surface area (TPSA) is 86.1 Å². The van der Waals surface area contributed by atoms with Crippen molar-refractivity contribution in [1.82, 2.24) is 20.1 Å². The molecule has 1 N–H and O–H groups in total. The van der Waals surface area contributed by atoms with Crippen molar-refractivity contribution in [3.8, 4) is 17.1 Å². The largest absolute Gasteiger partial charge is 0.467 e. The van der Waals surface area contributed by atoms with Crippen LogP contribution < -0.4 is 5.32 Å². The Bertz CT molecular complexity index is 1230. The van der Waals surface area contributed by atoms with Gasteiger partial charge in [0.1, 0.15) is 6.04 Å². The van der Waals surface area contributed by atoms with E-state index in [0.29, 0.717) is 17.4 Å². The molecule has 172 valence electrons. The van der Waals surface area contributed by atoms with Crippen molar-refractivity contribution in [2.24, 2.45) is 0 Å². The van der Waals surface area contributed by atoms with Crippen LogP contribution in [0.2, 0.25) is 0 Å². The second kappa shape index (κ2) is 11.3. The van der Waals surface area contributed by atoms with Gasteiger partial charge in [0.15, 0.2) is 11.0 Å². The van der Waals surface area contributed by atoms with Crippen LogP contribution in [0.15, 0.2) is 96.2 Å². The van der Waals surface area contributed by atoms with Crippen LogP contribution in [0.4, 0.5) is 0 Å². The third-order valence-electron chi connectivity index (χ3n) is 5.12. The van der Waals surface area contributed by atoms with Gasteiger partial charge in [-0.1, -0.05) is 90.6 Å². The number of nitrogens with one attached hydrogen (secondary N) is 1. The van der Waals surface area contributed by atoms with Gasteiger partial charge in [0.25, 0.3) is 0 Å². The van der Waals surface area contributed by atoms with Gasteiger partial charge in [-0.15, -0.1) is 10.2 Å². The van der Waals surface area contributed by atoms with Crippen molar-refractivity contribution >= 4 is 23.6 Å². The number of rotatable bonds is 9. The summed E-state index contributed by atoms with van der Waals surface area (Å²) < 4.78 is 6.82. The number of nitrogens with zero attached hydrogens (tertiary/aromatic N) is 3. The number of thioether (sulfide) groups is 1. The lowest BCUT2D eigenvalue weighted by molar-refractivity contribution is -0.144. The molecular formula is C26H24N4O3S. The minimum Gasteiger partial charge on any atom is -0.467 e. The Kier molecular flexibility index (Phi) is 7.72. The molecule has 8 heteroatoms. The Labute approximate surface area is 202 Å². The molecule has 3 aromatic carbocycles. The normalized spacial score (nSPS) is 11.6. The number of para-hydroxylation sites is 1. The maximum absolute atomic E-state index is 12.8. The molecule has 0 aliphatic carbocycles. The van der Waals surface area contributed by atoms with Crippen LogP contribution in [0.5, 0.6) is 0 Å². The lowest BCUT2D eigenvalue weighted by Crippen LogP contribution is -2.43. The third kappa shape index (κ3) is 5.71. The number of carbonyl (C=O) groups is 2. The van der Waals surface area contributed by atoms with Crippen molar-refractivity contribution in [2.45, 2.75) is 17.6 Å². The average Bonchev–Trinajstić information content (AvgIpc) is 3.32. The highest BCUT2D eigenvalue weighted by Crippen LogP contribution is 2.27. The zero-order valence-electron chi connectivity index (χ0n) is 18.6. The Balaban J connectivity index is 1.51. The molecule has 1 unspecified atom stereocenters. The summed E-state index contributed by atoms with van der Waals surface area (Å²) in [4.78, 5) is 25.0. The Morgan fingerprint density at radius 2 is 1.53 bits per heavy atom. The van der Waals surface area contributed by atoms with Crippen LogP contribution in [-0.4, -0.2) is 45.5 Å². The first-order valence-corrected chi connectivity index (χ1v) is 11.7. The van der Waals surface area contributed by atoms with Crippen LogP contribution in [0.1, 0.15) is 5.56 Å². The summed E-state index contributed by atoms with van der Waals surface area (Å²) in [6.45, 7) is 0. The summed E-state index contributed by atoms with van der Waals surface area (Å²) in [7, 11) is 1.31. The first-order valence-electron chi connectivity index (χ1n) is 10.8. The average molecular weight is 473 g/mol. The molecule has 0 aliphatic heterocycles. The van der Waals surface area contributed by atoms with Crippen molar-refractivity contribution in [1.29, 1.82) is 0 Å². The van der Waals surface area contributed by atoms with Crippen LogP contribution in [0, 0.1) is 0 Å². The van der Waals surface area contributed by atoms with Crippen LogP contribution in [-0.2, 0) is 20.7 Å². The van der Waals surface area contributed by atoms with Crippen molar-refractivity contribution in [2.75, 3.05) is 12.9 Å². The van der Waals surface area contributed by atoms with E-state index in [2.05, 4.69) is 15.5 Å². The van der Waals surface area contributed by atoms with Gasteiger partial charge >= 0.3 is 5.97 Å². The fourth-order valence-corrected chi connectivity index (χ4v) is 4.26.